The first-order valence-corrected chi connectivity index (χ1v) is 11.7. The van der Waals surface area contributed by atoms with Gasteiger partial charge < -0.3 is 15.2 Å². The van der Waals surface area contributed by atoms with Gasteiger partial charge in [0.25, 0.3) is 0 Å². The molecule has 0 aliphatic rings. The minimum atomic E-state index is -0.366. The monoisotopic (exact) mass is 397 g/mol. The van der Waals surface area contributed by atoms with Crippen LogP contribution in [-0.2, 0) is 0 Å². The minimum Gasteiger partial charge on any atom is -0.490 e. The Balaban J connectivity index is 1.76. The van der Waals surface area contributed by atoms with E-state index < -0.39 is 0 Å². The third-order valence-corrected chi connectivity index (χ3v) is 6.39. The highest BCUT2D eigenvalue weighted by molar-refractivity contribution is 7.64. The third kappa shape index (κ3) is 3.74. The van der Waals surface area contributed by atoms with Crippen LogP contribution >= 0.6 is 19.3 Å². The summed E-state index contributed by atoms with van der Waals surface area (Å²) in [5.74, 6) is 0.807. The van der Waals surface area contributed by atoms with E-state index in [-0.39, 0.29) is 21.1 Å². The van der Waals surface area contributed by atoms with Crippen molar-refractivity contribution < 1.29 is 9.84 Å². The Morgan fingerprint density at radius 3 is 2.81 bits per heavy atom. The van der Waals surface area contributed by atoms with Crippen LogP contribution in [0.4, 0.5) is 11.4 Å². The van der Waals surface area contributed by atoms with Gasteiger partial charge in [0.2, 0.25) is 0 Å². The summed E-state index contributed by atoms with van der Waals surface area (Å²) in [7, 11) is -0.366. The lowest BCUT2D eigenvalue weighted by molar-refractivity contribution is 0.202. The summed E-state index contributed by atoms with van der Waals surface area (Å²) in [6, 6.07) is 12.3. The lowest BCUT2D eigenvalue weighted by Crippen LogP contribution is -2.11. The normalized spacial score (nSPS) is 11.4. The number of aromatic nitrogens is 2. The lowest BCUT2D eigenvalue weighted by atomic mass is 10.1. The average Bonchev–Trinajstić information content (AvgIpc) is 3.13. The summed E-state index contributed by atoms with van der Waals surface area (Å²) in [4.78, 5) is 8.90. The molecule has 138 valence electrons. The molecule has 2 aromatic heterocycles. The molecule has 7 heteroatoms. The summed E-state index contributed by atoms with van der Waals surface area (Å²) >= 11 is 1.64. The zero-order valence-electron chi connectivity index (χ0n) is 15.1. The highest BCUT2D eigenvalue weighted by Gasteiger charge is 2.13. The first-order valence-electron chi connectivity index (χ1n) is 8.60. The van der Waals surface area contributed by atoms with Crippen LogP contribution in [0.25, 0.3) is 21.1 Å². The maximum atomic E-state index is 9.09. The van der Waals surface area contributed by atoms with Gasteiger partial charge in [0, 0.05) is 34.3 Å². The smallest absolute Gasteiger partial charge is 0.129 e. The largest absolute Gasteiger partial charge is 0.490 e. The second-order valence-corrected chi connectivity index (χ2v) is 9.48. The van der Waals surface area contributed by atoms with Gasteiger partial charge >= 0.3 is 0 Å². The van der Waals surface area contributed by atoms with Gasteiger partial charge in [-0.05, 0) is 43.7 Å². The summed E-state index contributed by atoms with van der Waals surface area (Å²) in [5.41, 5.74) is 5.72. The van der Waals surface area contributed by atoms with Crippen LogP contribution < -0.4 is 15.4 Å². The number of benzene rings is 2. The van der Waals surface area contributed by atoms with Gasteiger partial charge in [0.15, 0.2) is 0 Å². The summed E-state index contributed by atoms with van der Waals surface area (Å²) < 4.78 is 6.93. The fraction of sp³-hybridized carbons (Fsp3) is 0.200. The zero-order valence-corrected chi connectivity index (χ0v) is 16.8. The van der Waals surface area contributed by atoms with E-state index in [0.717, 1.165) is 38.8 Å². The molecule has 0 aliphatic carbocycles. The Hall–Kier alpha value is -2.27. The van der Waals surface area contributed by atoms with Gasteiger partial charge in [-0.2, -0.15) is 0 Å². The number of hydrogen-bond donors (Lipinski definition) is 2. The third-order valence-electron chi connectivity index (χ3n) is 4.26. The zero-order chi connectivity index (χ0) is 18.8. The highest BCUT2D eigenvalue weighted by atomic mass is 32.1. The maximum Gasteiger partial charge on any atom is 0.129 e. The molecule has 0 amide bonds. The van der Waals surface area contributed by atoms with Crippen LogP contribution in [0.1, 0.15) is 0 Å². The van der Waals surface area contributed by atoms with Crippen molar-refractivity contribution in [1.82, 2.24) is 9.97 Å². The number of hydrogen-bond acceptors (Lipinski definition) is 6. The molecule has 0 unspecified atom stereocenters. The molecule has 0 saturated heterocycles. The molecule has 0 saturated carbocycles. The molecular formula is C20H20N3O2PS. The molecule has 0 fully saturated rings. The van der Waals surface area contributed by atoms with Crippen LogP contribution in [0.5, 0.6) is 5.75 Å². The minimum absolute atomic E-state index is 0.00302. The molecule has 2 heterocycles. The Morgan fingerprint density at radius 1 is 1.11 bits per heavy atom. The SMILES string of the molecule is CP(C)c1cc2c(Nc3ccc4scnc4c3)ccnc2cc1OCCO. The van der Waals surface area contributed by atoms with Crippen molar-refractivity contribution >= 4 is 57.1 Å². The van der Waals surface area contributed by atoms with Crippen LogP contribution in [-0.4, -0.2) is 41.6 Å². The van der Waals surface area contributed by atoms with E-state index in [4.69, 9.17) is 9.84 Å². The molecule has 0 spiro atoms. The Morgan fingerprint density at radius 2 is 2.00 bits per heavy atom. The predicted molar refractivity (Wildman–Crippen MR) is 116 cm³/mol. The molecule has 0 atom stereocenters. The first kappa shape index (κ1) is 18.1. The van der Waals surface area contributed by atoms with Gasteiger partial charge in [-0.15, -0.1) is 11.3 Å². The molecule has 0 aliphatic heterocycles. The van der Waals surface area contributed by atoms with Crippen molar-refractivity contribution in [2.75, 3.05) is 31.9 Å². The van der Waals surface area contributed by atoms with Gasteiger partial charge in [-0.25, -0.2) is 4.98 Å². The topological polar surface area (TPSA) is 67.3 Å². The molecule has 2 N–H and O–H groups in total. The standard InChI is InChI=1S/C20H20N3O2PS/c1-26(2)19-10-14-15(5-6-21-16(14)11-18(19)25-8-7-24)23-13-3-4-20-17(9-13)22-12-27-20/h3-6,9-12,24H,7-8H2,1-2H3,(H,21,23). The highest BCUT2D eigenvalue weighted by Crippen LogP contribution is 2.35. The molecule has 4 rings (SSSR count). The quantitative estimate of drug-likeness (QED) is 0.474. The number of rotatable bonds is 6. The van der Waals surface area contributed by atoms with E-state index in [0.29, 0.717) is 0 Å². The Bertz CT molecular complexity index is 1100. The number of aliphatic hydroxyl groups is 1. The number of pyridine rings is 1. The van der Waals surface area contributed by atoms with Crippen LogP contribution in [0.2, 0.25) is 0 Å². The van der Waals surface area contributed by atoms with E-state index in [1.54, 1.807) is 17.5 Å². The molecule has 4 aromatic rings. The number of aliphatic hydroxyl groups excluding tert-OH is 1. The molecule has 0 radical (unpaired) electrons. The Labute approximate surface area is 162 Å². The molecule has 2 aromatic carbocycles. The molecule has 27 heavy (non-hydrogen) atoms. The summed E-state index contributed by atoms with van der Waals surface area (Å²) in [5, 5.41) is 14.8. The van der Waals surface area contributed by atoms with Gasteiger partial charge in [-0.1, -0.05) is 7.92 Å². The fourth-order valence-corrected chi connectivity index (χ4v) is 4.60. The second-order valence-electron chi connectivity index (χ2n) is 6.32. The average molecular weight is 397 g/mol. The van der Waals surface area contributed by atoms with Crippen molar-refractivity contribution in [1.29, 1.82) is 0 Å². The first-order chi connectivity index (χ1) is 13.2. The summed E-state index contributed by atoms with van der Waals surface area (Å²) in [6.07, 6.45) is 1.79. The Kier molecular flexibility index (Phi) is 5.21. The van der Waals surface area contributed by atoms with Crippen LogP contribution in [0.15, 0.2) is 48.1 Å². The summed E-state index contributed by atoms with van der Waals surface area (Å²) in [6.45, 7) is 4.67. The predicted octanol–water partition coefficient (Wildman–Crippen LogP) is 4.33. The molecule has 0 bridgehead atoms. The lowest BCUT2D eigenvalue weighted by Gasteiger charge is -2.17. The van der Waals surface area contributed by atoms with Crippen molar-refractivity contribution in [3.05, 3.63) is 48.1 Å². The number of fused-ring (bicyclic) bond motifs is 2. The maximum absolute atomic E-state index is 9.09. The molecular weight excluding hydrogens is 377 g/mol. The van der Waals surface area contributed by atoms with E-state index in [2.05, 4.69) is 52.9 Å². The van der Waals surface area contributed by atoms with Gasteiger partial charge in [-0.3, -0.25) is 4.98 Å². The van der Waals surface area contributed by atoms with Crippen LogP contribution in [0, 0.1) is 0 Å². The van der Waals surface area contributed by atoms with E-state index >= 15 is 0 Å². The van der Waals surface area contributed by atoms with Crippen molar-refractivity contribution in [3.63, 3.8) is 0 Å². The number of thiazole rings is 1. The van der Waals surface area contributed by atoms with Gasteiger partial charge in [0.05, 0.1) is 27.9 Å². The van der Waals surface area contributed by atoms with Crippen LogP contribution in [0.3, 0.4) is 0 Å². The van der Waals surface area contributed by atoms with E-state index in [1.165, 1.54) is 4.70 Å². The van der Waals surface area contributed by atoms with E-state index in [1.807, 2.05) is 17.6 Å². The number of anilines is 2. The number of nitrogens with zero attached hydrogens (tertiary/aromatic N) is 2. The number of nitrogens with one attached hydrogen (secondary N) is 1. The van der Waals surface area contributed by atoms with Gasteiger partial charge in [0.1, 0.15) is 12.4 Å². The number of ether oxygens (including phenoxy) is 1. The van der Waals surface area contributed by atoms with Crippen molar-refractivity contribution in [2.45, 2.75) is 0 Å². The second kappa shape index (κ2) is 7.77. The fourth-order valence-electron chi connectivity index (χ4n) is 2.98. The van der Waals surface area contributed by atoms with Crippen molar-refractivity contribution in [3.8, 4) is 5.75 Å². The van der Waals surface area contributed by atoms with Crippen molar-refractivity contribution in [2.24, 2.45) is 0 Å². The van der Waals surface area contributed by atoms with E-state index in [9.17, 15) is 0 Å². The molecule has 5 nitrogen and oxygen atoms in total.